The molecule has 2 aromatic heterocycles. The molecule has 2 heterocycles. The Morgan fingerprint density at radius 1 is 1.37 bits per heavy atom. The largest absolute Gasteiger partial charge is 0.421 e. The number of hydrogen-bond acceptors (Lipinski definition) is 6. The highest BCUT2D eigenvalue weighted by molar-refractivity contribution is 5.58. The minimum atomic E-state index is -4.52. The fraction of sp³-hybridized carbons (Fsp3) is 0.529. The summed E-state index contributed by atoms with van der Waals surface area (Å²) in [4.78, 5) is 7.84. The Bertz CT molecular complexity index is 926. The highest BCUT2D eigenvalue weighted by Gasteiger charge is 2.53. The van der Waals surface area contributed by atoms with E-state index < -0.39 is 17.2 Å². The number of aromatic nitrogens is 4. The average Bonchev–Trinajstić information content (AvgIpc) is 3.49. The van der Waals surface area contributed by atoms with Gasteiger partial charge in [0.2, 0.25) is 5.95 Å². The van der Waals surface area contributed by atoms with E-state index in [9.17, 15) is 18.4 Å². The van der Waals surface area contributed by atoms with Gasteiger partial charge in [-0.15, -0.1) is 0 Å². The average molecular weight is 377 g/mol. The van der Waals surface area contributed by atoms with Crippen LogP contribution in [0, 0.1) is 23.7 Å². The van der Waals surface area contributed by atoms with E-state index in [1.165, 1.54) is 0 Å². The SMILES string of the molecule is Cc1nn([C@H]2CC2(C)C#N)cc1Nc1ncc(C(F)(F)F)c(NC2CC2)n1. The molecule has 2 aromatic rings. The summed E-state index contributed by atoms with van der Waals surface area (Å²) in [5.74, 6) is -0.153. The number of anilines is 3. The molecule has 2 atom stereocenters. The predicted molar refractivity (Wildman–Crippen MR) is 91.3 cm³/mol. The number of nitrogens with zero attached hydrogens (tertiary/aromatic N) is 5. The second-order valence-electron chi connectivity index (χ2n) is 7.35. The third-order valence-corrected chi connectivity index (χ3v) is 4.94. The van der Waals surface area contributed by atoms with Crippen molar-refractivity contribution in [3.63, 3.8) is 0 Å². The first-order valence-electron chi connectivity index (χ1n) is 8.64. The predicted octanol–water partition coefficient (Wildman–Crippen LogP) is 3.79. The Hall–Kier alpha value is -2.83. The number of alkyl halides is 3. The van der Waals surface area contributed by atoms with Crippen molar-refractivity contribution in [2.24, 2.45) is 5.41 Å². The summed E-state index contributed by atoms with van der Waals surface area (Å²) in [7, 11) is 0. The van der Waals surface area contributed by atoms with Crippen LogP contribution in [0.3, 0.4) is 0 Å². The first kappa shape index (κ1) is 17.6. The fourth-order valence-electron chi connectivity index (χ4n) is 2.91. The number of halogens is 3. The van der Waals surface area contributed by atoms with Gasteiger partial charge in [-0.25, -0.2) is 4.98 Å². The fourth-order valence-corrected chi connectivity index (χ4v) is 2.91. The molecule has 27 heavy (non-hydrogen) atoms. The molecule has 2 aliphatic carbocycles. The Kier molecular flexibility index (Phi) is 3.80. The first-order valence-corrected chi connectivity index (χ1v) is 8.64. The van der Waals surface area contributed by atoms with Crippen molar-refractivity contribution in [2.75, 3.05) is 10.6 Å². The normalized spacial score (nSPS) is 24.4. The molecular weight excluding hydrogens is 359 g/mol. The summed E-state index contributed by atoms with van der Waals surface area (Å²) < 4.78 is 41.2. The molecule has 0 amide bonds. The summed E-state index contributed by atoms with van der Waals surface area (Å²) in [6.45, 7) is 3.65. The molecule has 4 rings (SSSR count). The van der Waals surface area contributed by atoms with Gasteiger partial charge in [0.25, 0.3) is 0 Å². The molecule has 0 spiro atoms. The van der Waals surface area contributed by atoms with Crippen molar-refractivity contribution in [1.82, 2.24) is 19.7 Å². The topological polar surface area (TPSA) is 91.5 Å². The third-order valence-electron chi connectivity index (χ3n) is 4.94. The molecule has 2 fully saturated rings. The van der Waals surface area contributed by atoms with E-state index in [0.717, 1.165) is 25.5 Å². The van der Waals surface area contributed by atoms with E-state index in [-0.39, 0.29) is 23.8 Å². The number of hydrogen-bond donors (Lipinski definition) is 2. The zero-order chi connectivity index (χ0) is 19.4. The van der Waals surface area contributed by atoms with Crippen LogP contribution in [-0.4, -0.2) is 25.8 Å². The highest BCUT2D eigenvalue weighted by atomic mass is 19.4. The van der Waals surface area contributed by atoms with Crippen molar-refractivity contribution >= 4 is 17.5 Å². The lowest BCUT2D eigenvalue weighted by Gasteiger charge is -2.14. The summed E-state index contributed by atoms with van der Waals surface area (Å²) in [5.41, 5.74) is -0.0566. The summed E-state index contributed by atoms with van der Waals surface area (Å²) >= 11 is 0. The second kappa shape index (κ2) is 5.84. The molecule has 0 saturated heterocycles. The molecule has 2 saturated carbocycles. The number of aryl methyl sites for hydroxylation is 1. The zero-order valence-electron chi connectivity index (χ0n) is 14.8. The van der Waals surface area contributed by atoms with E-state index in [1.807, 2.05) is 6.92 Å². The van der Waals surface area contributed by atoms with Gasteiger partial charge in [0.15, 0.2) is 0 Å². The van der Waals surface area contributed by atoms with Crippen LogP contribution in [0.4, 0.5) is 30.6 Å². The van der Waals surface area contributed by atoms with Crippen molar-refractivity contribution < 1.29 is 13.2 Å². The lowest BCUT2D eigenvalue weighted by molar-refractivity contribution is -0.137. The van der Waals surface area contributed by atoms with Crippen LogP contribution in [0.5, 0.6) is 0 Å². The van der Waals surface area contributed by atoms with Crippen LogP contribution < -0.4 is 10.6 Å². The molecular formula is C17H18F3N7. The molecule has 10 heteroatoms. The lowest BCUT2D eigenvalue weighted by atomic mass is 10.2. The van der Waals surface area contributed by atoms with E-state index in [1.54, 1.807) is 17.8 Å². The second-order valence-corrected chi connectivity index (χ2v) is 7.35. The van der Waals surface area contributed by atoms with Gasteiger partial charge < -0.3 is 10.6 Å². The Morgan fingerprint density at radius 3 is 2.70 bits per heavy atom. The Labute approximate surface area is 153 Å². The van der Waals surface area contributed by atoms with Crippen molar-refractivity contribution in [3.8, 4) is 6.07 Å². The molecule has 0 aliphatic heterocycles. The van der Waals surface area contributed by atoms with Crippen molar-refractivity contribution in [2.45, 2.75) is 51.4 Å². The molecule has 0 aromatic carbocycles. The van der Waals surface area contributed by atoms with E-state index in [4.69, 9.17) is 0 Å². The van der Waals surface area contributed by atoms with Gasteiger partial charge in [-0.2, -0.15) is 28.5 Å². The number of nitrogens with one attached hydrogen (secondary N) is 2. The van der Waals surface area contributed by atoms with Crippen LogP contribution in [-0.2, 0) is 6.18 Å². The van der Waals surface area contributed by atoms with E-state index in [0.29, 0.717) is 11.4 Å². The molecule has 0 radical (unpaired) electrons. The maximum absolute atomic E-state index is 13.2. The number of nitriles is 1. The molecule has 1 unspecified atom stereocenters. The quantitative estimate of drug-likeness (QED) is 0.824. The lowest BCUT2D eigenvalue weighted by Crippen LogP contribution is -2.15. The zero-order valence-corrected chi connectivity index (χ0v) is 14.8. The molecule has 7 nitrogen and oxygen atoms in total. The van der Waals surface area contributed by atoms with Crippen LogP contribution >= 0.6 is 0 Å². The van der Waals surface area contributed by atoms with Crippen molar-refractivity contribution in [1.29, 1.82) is 5.26 Å². The smallest absolute Gasteiger partial charge is 0.367 e. The van der Waals surface area contributed by atoms with Crippen LogP contribution in [0.1, 0.15) is 43.5 Å². The van der Waals surface area contributed by atoms with Gasteiger partial charge in [-0.3, -0.25) is 4.68 Å². The summed E-state index contributed by atoms with van der Waals surface area (Å²) in [6.07, 6.45) is 0.371. The molecule has 2 aliphatic rings. The Morgan fingerprint density at radius 2 is 2.11 bits per heavy atom. The van der Waals surface area contributed by atoms with E-state index in [2.05, 4.69) is 31.8 Å². The monoisotopic (exact) mass is 377 g/mol. The minimum Gasteiger partial charge on any atom is -0.367 e. The third kappa shape index (κ3) is 3.41. The number of rotatable bonds is 5. The van der Waals surface area contributed by atoms with Gasteiger partial charge in [0.1, 0.15) is 11.4 Å². The van der Waals surface area contributed by atoms with Gasteiger partial charge in [0.05, 0.1) is 28.9 Å². The van der Waals surface area contributed by atoms with E-state index >= 15 is 0 Å². The maximum atomic E-state index is 13.2. The Balaban J connectivity index is 1.58. The van der Waals surface area contributed by atoms with Gasteiger partial charge in [-0.1, -0.05) is 0 Å². The van der Waals surface area contributed by atoms with Crippen LogP contribution in [0.25, 0.3) is 0 Å². The molecule has 0 bridgehead atoms. The molecule has 142 valence electrons. The minimum absolute atomic E-state index is 0.00244. The molecule has 2 N–H and O–H groups in total. The summed E-state index contributed by atoms with van der Waals surface area (Å²) in [5, 5.41) is 19.3. The van der Waals surface area contributed by atoms with Gasteiger partial charge in [-0.05, 0) is 33.1 Å². The first-order chi connectivity index (χ1) is 12.7. The standard InChI is InChI=1S/C17H18F3N7/c1-9-12(7-27(26-9)13-5-16(13,2)8-21)24-15-22-6-11(17(18,19)20)14(25-15)23-10-3-4-10/h6-7,10,13H,3-5H2,1-2H3,(H2,22,23,24,25)/t13-,16?/m0/s1. The van der Waals surface area contributed by atoms with Gasteiger partial charge in [0, 0.05) is 18.4 Å². The summed E-state index contributed by atoms with van der Waals surface area (Å²) in [6, 6.07) is 2.30. The highest BCUT2D eigenvalue weighted by Crippen LogP contribution is 2.55. The van der Waals surface area contributed by atoms with Gasteiger partial charge >= 0.3 is 6.18 Å². The maximum Gasteiger partial charge on any atom is 0.421 e. The van der Waals surface area contributed by atoms with Crippen LogP contribution in [0.2, 0.25) is 0 Å². The van der Waals surface area contributed by atoms with Crippen LogP contribution in [0.15, 0.2) is 12.4 Å². The van der Waals surface area contributed by atoms with Crippen molar-refractivity contribution in [3.05, 3.63) is 23.7 Å².